The summed E-state index contributed by atoms with van der Waals surface area (Å²) in [4.78, 5) is 0. The number of halogens is 4. The number of rotatable bonds is 4. The predicted molar refractivity (Wildman–Crippen MR) is 67.7 cm³/mol. The van der Waals surface area contributed by atoms with Crippen molar-refractivity contribution in [3.8, 4) is 0 Å². The van der Waals surface area contributed by atoms with E-state index in [0.717, 1.165) is 12.1 Å². The molecule has 0 amide bonds. The Hall–Kier alpha value is -1.96. The van der Waals surface area contributed by atoms with Crippen LogP contribution in [0.1, 0.15) is 29.9 Å². The van der Waals surface area contributed by atoms with Gasteiger partial charge in [0.1, 0.15) is 18.0 Å². The average Bonchev–Trinajstić information content (AvgIpc) is 2.82. The van der Waals surface area contributed by atoms with Crippen LogP contribution in [-0.2, 0) is 19.8 Å². The molecule has 1 aromatic heterocycles. The summed E-state index contributed by atoms with van der Waals surface area (Å²) < 4.78 is 53.3. The molecule has 21 heavy (non-hydrogen) atoms. The topological polar surface area (TPSA) is 42.7 Å². The average molecular weight is 302 g/mol. The first-order valence-electron chi connectivity index (χ1n) is 6.22. The molecule has 0 fully saturated rings. The van der Waals surface area contributed by atoms with Gasteiger partial charge in [-0.25, -0.2) is 4.39 Å². The van der Waals surface area contributed by atoms with E-state index in [1.54, 1.807) is 18.5 Å². The van der Waals surface area contributed by atoms with Gasteiger partial charge in [-0.3, -0.25) is 0 Å². The van der Waals surface area contributed by atoms with Gasteiger partial charge >= 0.3 is 6.18 Å². The molecule has 0 saturated carbocycles. The highest BCUT2D eigenvalue weighted by molar-refractivity contribution is 5.30. The number of nitrogens with zero attached hydrogens (tertiary/aromatic N) is 3. The second-order valence-corrected chi connectivity index (χ2v) is 4.70. The maximum Gasteiger partial charge on any atom is 0.416 e. The summed E-state index contributed by atoms with van der Waals surface area (Å²) in [6, 6.07) is 2.36. The summed E-state index contributed by atoms with van der Waals surface area (Å²) >= 11 is 0. The zero-order chi connectivity index (χ0) is 15.6. The van der Waals surface area contributed by atoms with Crippen molar-refractivity contribution in [2.24, 2.45) is 7.05 Å². The van der Waals surface area contributed by atoms with Crippen LogP contribution in [0.2, 0.25) is 0 Å². The molecule has 0 radical (unpaired) electrons. The third-order valence-corrected chi connectivity index (χ3v) is 3.11. The molecule has 1 heterocycles. The second kappa shape index (κ2) is 5.80. The SMILES string of the molecule is CC(NCc1ccc(F)cc1C(F)(F)F)c1nncn1C. The number of hydrogen-bond acceptors (Lipinski definition) is 3. The Morgan fingerprint density at radius 1 is 1.33 bits per heavy atom. The highest BCUT2D eigenvalue weighted by Gasteiger charge is 2.33. The maximum absolute atomic E-state index is 13.0. The summed E-state index contributed by atoms with van der Waals surface area (Å²) in [5.41, 5.74) is -0.988. The van der Waals surface area contributed by atoms with Crippen LogP contribution in [0.15, 0.2) is 24.5 Å². The third-order valence-electron chi connectivity index (χ3n) is 3.11. The monoisotopic (exact) mass is 302 g/mol. The van der Waals surface area contributed by atoms with Gasteiger partial charge < -0.3 is 9.88 Å². The Morgan fingerprint density at radius 3 is 2.62 bits per heavy atom. The molecule has 1 N–H and O–H groups in total. The minimum absolute atomic E-state index is 0.0158. The fourth-order valence-corrected chi connectivity index (χ4v) is 2.01. The number of hydrogen-bond donors (Lipinski definition) is 1. The molecule has 1 unspecified atom stereocenters. The normalized spacial score (nSPS) is 13.4. The lowest BCUT2D eigenvalue weighted by Gasteiger charge is -2.16. The van der Waals surface area contributed by atoms with Gasteiger partial charge in [-0.1, -0.05) is 6.07 Å². The summed E-state index contributed by atoms with van der Waals surface area (Å²) in [6.07, 6.45) is -3.08. The first-order valence-corrected chi connectivity index (χ1v) is 6.22. The Balaban J connectivity index is 2.15. The van der Waals surface area contributed by atoms with Crippen molar-refractivity contribution in [3.63, 3.8) is 0 Å². The van der Waals surface area contributed by atoms with Crippen molar-refractivity contribution in [2.75, 3.05) is 0 Å². The van der Waals surface area contributed by atoms with Gasteiger partial charge in [0.2, 0.25) is 0 Å². The van der Waals surface area contributed by atoms with E-state index in [9.17, 15) is 17.6 Å². The van der Waals surface area contributed by atoms with Crippen LogP contribution in [-0.4, -0.2) is 14.8 Å². The van der Waals surface area contributed by atoms with Crippen LogP contribution in [0.25, 0.3) is 0 Å². The molecule has 2 rings (SSSR count). The molecule has 0 bridgehead atoms. The summed E-state index contributed by atoms with van der Waals surface area (Å²) in [7, 11) is 1.74. The van der Waals surface area contributed by atoms with E-state index in [1.165, 1.54) is 6.33 Å². The van der Waals surface area contributed by atoms with Crippen LogP contribution >= 0.6 is 0 Å². The fourth-order valence-electron chi connectivity index (χ4n) is 2.01. The first-order chi connectivity index (χ1) is 9.79. The number of aromatic nitrogens is 3. The molecule has 0 saturated heterocycles. The Morgan fingerprint density at radius 2 is 2.05 bits per heavy atom. The molecule has 1 atom stereocenters. The molecule has 0 spiro atoms. The first kappa shape index (κ1) is 15.4. The largest absolute Gasteiger partial charge is 0.416 e. The smallest absolute Gasteiger partial charge is 0.319 e. The molecule has 1 aromatic carbocycles. The van der Waals surface area contributed by atoms with Gasteiger partial charge in [0, 0.05) is 13.6 Å². The minimum atomic E-state index is -4.59. The van der Waals surface area contributed by atoms with E-state index in [4.69, 9.17) is 0 Å². The summed E-state index contributed by atoms with van der Waals surface area (Å²) in [5.74, 6) is -0.307. The van der Waals surface area contributed by atoms with Crippen LogP contribution in [0.3, 0.4) is 0 Å². The van der Waals surface area contributed by atoms with Crippen LogP contribution in [0.5, 0.6) is 0 Å². The van der Waals surface area contributed by atoms with E-state index in [0.29, 0.717) is 11.9 Å². The van der Waals surface area contributed by atoms with Crippen molar-refractivity contribution in [1.29, 1.82) is 0 Å². The molecule has 0 aliphatic rings. The van der Waals surface area contributed by atoms with Crippen LogP contribution in [0, 0.1) is 5.82 Å². The lowest BCUT2D eigenvalue weighted by atomic mass is 10.1. The van der Waals surface area contributed by atoms with Crippen LogP contribution in [0.4, 0.5) is 17.6 Å². The second-order valence-electron chi connectivity index (χ2n) is 4.70. The Labute approximate surface area is 118 Å². The van der Waals surface area contributed by atoms with E-state index in [-0.39, 0.29) is 18.2 Å². The molecule has 0 aliphatic carbocycles. The van der Waals surface area contributed by atoms with Crippen LogP contribution < -0.4 is 5.32 Å². The lowest BCUT2D eigenvalue weighted by molar-refractivity contribution is -0.138. The lowest BCUT2D eigenvalue weighted by Crippen LogP contribution is -2.23. The number of aryl methyl sites for hydroxylation is 1. The zero-order valence-corrected chi connectivity index (χ0v) is 11.4. The highest BCUT2D eigenvalue weighted by Crippen LogP contribution is 2.32. The molecule has 4 nitrogen and oxygen atoms in total. The van der Waals surface area contributed by atoms with Gasteiger partial charge in [0.05, 0.1) is 11.6 Å². The van der Waals surface area contributed by atoms with Crippen molar-refractivity contribution in [3.05, 3.63) is 47.3 Å². The van der Waals surface area contributed by atoms with Gasteiger partial charge in [-0.15, -0.1) is 10.2 Å². The van der Waals surface area contributed by atoms with Gasteiger partial charge in [-0.05, 0) is 24.6 Å². The van der Waals surface area contributed by atoms with E-state index < -0.39 is 17.6 Å². The predicted octanol–water partition coefficient (Wildman–Crippen LogP) is 2.82. The standard InChI is InChI=1S/C13H14F4N4/c1-8(12-20-19-7-21(12)2)18-6-9-3-4-10(14)5-11(9)13(15,16)17/h3-5,7-8,18H,6H2,1-2H3. The van der Waals surface area contributed by atoms with Crippen molar-refractivity contribution in [2.45, 2.75) is 25.7 Å². The van der Waals surface area contributed by atoms with Crippen molar-refractivity contribution < 1.29 is 17.6 Å². The van der Waals surface area contributed by atoms with E-state index in [1.807, 2.05) is 0 Å². The van der Waals surface area contributed by atoms with Crippen molar-refractivity contribution in [1.82, 2.24) is 20.1 Å². The van der Waals surface area contributed by atoms with Gasteiger partial charge in [0.15, 0.2) is 0 Å². The summed E-state index contributed by atoms with van der Waals surface area (Å²) in [6.45, 7) is 1.71. The molecule has 114 valence electrons. The number of alkyl halides is 3. The molecular weight excluding hydrogens is 288 g/mol. The van der Waals surface area contributed by atoms with E-state index in [2.05, 4.69) is 15.5 Å². The molecular formula is C13H14F4N4. The Kier molecular flexibility index (Phi) is 4.26. The molecule has 8 heteroatoms. The number of benzene rings is 1. The zero-order valence-electron chi connectivity index (χ0n) is 11.4. The highest BCUT2D eigenvalue weighted by atomic mass is 19.4. The summed E-state index contributed by atoms with van der Waals surface area (Å²) in [5, 5.41) is 10.5. The minimum Gasteiger partial charge on any atom is -0.319 e. The van der Waals surface area contributed by atoms with Crippen molar-refractivity contribution >= 4 is 0 Å². The molecule has 0 aliphatic heterocycles. The number of nitrogens with one attached hydrogen (secondary N) is 1. The molecule has 2 aromatic rings. The fraction of sp³-hybridized carbons (Fsp3) is 0.385. The maximum atomic E-state index is 13.0. The Bertz CT molecular complexity index is 621. The quantitative estimate of drug-likeness (QED) is 0.883. The van der Waals surface area contributed by atoms with E-state index >= 15 is 0 Å². The third kappa shape index (κ3) is 3.57. The van der Waals surface area contributed by atoms with Gasteiger partial charge in [0.25, 0.3) is 0 Å². The van der Waals surface area contributed by atoms with Gasteiger partial charge in [-0.2, -0.15) is 13.2 Å².